The van der Waals surface area contributed by atoms with Crippen molar-refractivity contribution in [3.8, 4) is 50.3 Å². The van der Waals surface area contributed by atoms with Crippen LogP contribution < -0.4 is 4.74 Å². The number of ether oxygens (including phenoxy) is 1. The molecule has 2 atom stereocenters. The summed E-state index contributed by atoms with van der Waals surface area (Å²) in [5, 5.41) is 7.99. The van der Waals surface area contributed by atoms with Gasteiger partial charge in [0.1, 0.15) is 11.9 Å². The molecule has 0 aromatic heterocycles. The highest BCUT2D eigenvalue weighted by Crippen LogP contribution is 2.54. The Bertz CT molecular complexity index is 2840. The van der Waals surface area contributed by atoms with Gasteiger partial charge in [0.2, 0.25) is 0 Å². The molecule has 0 bridgehead atoms. The van der Waals surface area contributed by atoms with Gasteiger partial charge in [-0.15, -0.1) is 0 Å². The molecule has 0 saturated heterocycles. The van der Waals surface area contributed by atoms with Crippen molar-refractivity contribution in [1.82, 2.24) is 0 Å². The zero-order valence-electron chi connectivity index (χ0n) is 31.8. The Morgan fingerprint density at radius 2 is 1.22 bits per heavy atom. The smallest absolute Gasteiger partial charge is 0.131 e. The first kappa shape index (κ1) is 31.8. The molecule has 54 heavy (non-hydrogen) atoms. The number of allylic oxidation sites excluding steroid dienone is 1. The third kappa shape index (κ3) is 4.51. The van der Waals surface area contributed by atoms with Crippen molar-refractivity contribution >= 4 is 32.3 Å². The van der Waals surface area contributed by atoms with E-state index < -0.39 is 0 Å². The molecule has 11 rings (SSSR count). The third-order valence-electron chi connectivity index (χ3n) is 13.0. The topological polar surface area (TPSA) is 9.23 Å². The van der Waals surface area contributed by atoms with E-state index in [1.54, 1.807) is 0 Å². The normalized spacial score (nSPS) is 18.2. The Hall–Kier alpha value is -5.66. The standard InChI is InChI=1S/C53H44O/c1-52(2,3)36-26-34-20-24-41-44(31-12-7-6-8-13-31)30-45(42-25-21-35(27-36)49(34)50(41)42)33-19-23-39-38-22-18-32(28-46(38)53(4,5)47(39)29-33)37-15-11-16-43-40-14-9-10-17-48(40)54-51(37)43/h6-8,10-13,15-30,40,48H,9,14H2,1-5H3. The first-order valence-electron chi connectivity index (χ1n) is 19.7. The monoisotopic (exact) mass is 696 g/mol. The first-order valence-corrected chi connectivity index (χ1v) is 19.7. The molecular weight excluding hydrogens is 653 g/mol. The molecule has 2 aliphatic carbocycles. The zero-order chi connectivity index (χ0) is 36.5. The predicted molar refractivity (Wildman–Crippen MR) is 228 cm³/mol. The van der Waals surface area contributed by atoms with E-state index in [1.807, 2.05) is 0 Å². The molecule has 0 spiro atoms. The number of benzene rings is 8. The minimum Gasteiger partial charge on any atom is -0.485 e. The fourth-order valence-corrected chi connectivity index (χ4v) is 10.1. The van der Waals surface area contributed by atoms with Gasteiger partial charge in [0.15, 0.2) is 0 Å². The molecule has 1 heterocycles. The van der Waals surface area contributed by atoms with Crippen molar-refractivity contribution in [3.63, 3.8) is 0 Å². The molecule has 0 fully saturated rings. The van der Waals surface area contributed by atoms with Crippen molar-refractivity contribution in [3.05, 3.63) is 162 Å². The minimum atomic E-state index is -0.165. The second kappa shape index (κ2) is 11.2. The second-order valence-electron chi connectivity index (χ2n) is 17.6. The van der Waals surface area contributed by atoms with Crippen LogP contribution in [-0.4, -0.2) is 6.10 Å². The Balaban J connectivity index is 1.08. The van der Waals surface area contributed by atoms with Crippen LogP contribution >= 0.6 is 0 Å². The van der Waals surface area contributed by atoms with Crippen LogP contribution in [0.4, 0.5) is 0 Å². The lowest BCUT2D eigenvalue weighted by Crippen LogP contribution is -2.18. The summed E-state index contributed by atoms with van der Waals surface area (Å²) in [6.45, 7) is 11.7. The summed E-state index contributed by atoms with van der Waals surface area (Å²) < 4.78 is 6.65. The summed E-state index contributed by atoms with van der Waals surface area (Å²) in [5.41, 5.74) is 15.6. The second-order valence-corrected chi connectivity index (χ2v) is 17.6. The van der Waals surface area contributed by atoms with Crippen molar-refractivity contribution in [1.29, 1.82) is 0 Å². The average Bonchev–Trinajstić information content (AvgIpc) is 3.68. The molecule has 2 unspecified atom stereocenters. The molecule has 1 nitrogen and oxygen atoms in total. The quantitative estimate of drug-likeness (QED) is 0.132. The van der Waals surface area contributed by atoms with Crippen LogP contribution in [0.2, 0.25) is 0 Å². The maximum Gasteiger partial charge on any atom is 0.131 e. The molecule has 1 aliphatic heterocycles. The molecular formula is C53H44O. The maximum atomic E-state index is 6.65. The summed E-state index contributed by atoms with van der Waals surface area (Å²) in [4.78, 5) is 0. The van der Waals surface area contributed by atoms with E-state index in [4.69, 9.17) is 4.74 Å². The number of para-hydroxylation sites is 1. The number of hydrogen-bond acceptors (Lipinski definition) is 1. The predicted octanol–water partition coefficient (Wildman–Crippen LogP) is 14.4. The minimum absolute atomic E-state index is 0.0748. The van der Waals surface area contributed by atoms with Gasteiger partial charge in [0.25, 0.3) is 0 Å². The Labute approximate surface area is 318 Å². The zero-order valence-corrected chi connectivity index (χ0v) is 31.8. The third-order valence-corrected chi connectivity index (χ3v) is 13.0. The van der Waals surface area contributed by atoms with Crippen LogP contribution in [0.25, 0.3) is 76.8 Å². The van der Waals surface area contributed by atoms with E-state index in [-0.39, 0.29) is 16.9 Å². The van der Waals surface area contributed by atoms with Gasteiger partial charge < -0.3 is 4.74 Å². The van der Waals surface area contributed by atoms with E-state index in [0.717, 1.165) is 18.6 Å². The van der Waals surface area contributed by atoms with Crippen LogP contribution in [0.1, 0.15) is 75.6 Å². The highest BCUT2D eigenvalue weighted by atomic mass is 16.5. The Morgan fingerprint density at radius 1 is 0.574 bits per heavy atom. The van der Waals surface area contributed by atoms with Gasteiger partial charge in [-0.05, 0) is 130 Å². The van der Waals surface area contributed by atoms with Crippen LogP contribution in [0.5, 0.6) is 5.75 Å². The van der Waals surface area contributed by atoms with Crippen LogP contribution in [0.3, 0.4) is 0 Å². The van der Waals surface area contributed by atoms with Gasteiger partial charge in [-0.1, -0.05) is 150 Å². The summed E-state index contributed by atoms with van der Waals surface area (Å²) in [5.74, 6) is 1.54. The van der Waals surface area contributed by atoms with Gasteiger partial charge in [-0.2, -0.15) is 0 Å². The van der Waals surface area contributed by atoms with Gasteiger partial charge in [-0.25, -0.2) is 0 Å². The fraction of sp³-hybridized carbons (Fsp3) is 0.208. The summed E-state index contributed by atoms with van der Waals surface area (Å²) in [6.07, 6.45) is 6.99. The van der Waals surface area contributed by atoms with Gasteiger partial charge in [-0.3, -0.25) is 0 Å². The molecule has 8 aromatic rings. The van der Waals surface area contributed by atoms with Crippen LogP contribution in [-0.2, 0) is 10.8 Å². The fourth-order valence-electron chi connectivity index (χ4n) is 10.1. The number of fused-ring (bicyclic) bond motifs is 6. The highest BCUT2D eigenvalue weighted by molar-refractivity contribution is 6.28. The van der Waals surface area contributed by atoms with E-state index in [1.165, 1.54) is 99.1 Å². The van der Waals surface area contributed by atoms with Gasteiger partial charge in [0.05, 0.1) is 0 Å². The molecule has 262 valence electrons. The van der Waals surface area contributed by atoms with Crippen LogP contribution in [0.15, 0.2) is 140 Å². The highest BCUT2D eigenvalue weighted by Gasteiger charge is 2.38. The van der Waals surface area contributed by atoms with E-state index in [9.17, 15) is 0 Å². The van der Waals surface area contributed by atoms with Crippen molar-refractivity contribution in [2.75, 3.05) is 0 Å². The lowest BCUT2D eigenvalue weighted by atomic mass is 9.79. The lowest BCUT2D eigenvalue weighted by molar-refractivity contribution is 0.245. The summed E-state index contributed by atoms with van der Waals surface area (Å²) in [6, 6.07) is 48.8. The molecule has 8 aromatic carbocycles. The van der Waals surface area contributed by atoms with Crippen molar-refractivity contribution in [2.24, 2.45) is 0 Å². The molecule has 1 heteroatoms. The molecule has 0 radical (unpaired) electrons. The van der Waals surface area contributed by atoms with Crippen molar-refractivity contribution in [2.45, 2.75) is 70.3 Å². The van der Waals surface area contributed by atoms with E-state index in [2.05, 4.69) is 174 Å². The van der Waals surface area contributed by atoms with Crippen LogP contribution in [0, 0.1) is 0 Å². The molecule has 0 amide bonds. The lowest BCUT2D eigenvalue weighted by Gasteiger charge is -2.24. The maximum absolute atomic E-state index is 6.65. The first-order chi connectivity index (χ1) is 26.1. The number of rotatable bonds is 3. The molecule has 0 saturated carbocycles. The number of hydrogen-bond donors (Lipinski definition) is 0. The largest absolute Gasteiger partial charge is 0.485 e. The average molecular weight is 697 g/mol. The van der Waals surface area contributed by atoms with Crippen molar-refractivity contribution < 1.29 is 4.74 Å². The Kier molecular flexibility index (Phi) is 6.59. The van der Waals surface area contributed by atoms with E-state index in [0.29, 0.717) is 5.92 Å². The Morgan fingerprint density at radius 3 is 1.89 bits per heavy atom. The van der Waals surface area contributed by atoms with E-state index >= 15 is 0 Å². The summed E-state index contributed by atoms with van der Waals surface area (Å²) in [7, 11) is 0. The van der Waals surface area contributed by atoms with Gasteiger partial charge in [0, 0.05) is 22.5 Å². The van der Waals surface area contributed by atoms with Gasteiger partial charge >= 0.3 is 0 Å². The molecule has 0 N–H and O–H groups in total. The molecule has 3 aliphatic rings. The summed E-state index contributed by atoms with van der Waals surface area (Å²) >= 11 is 0. The SMILES string of the molecule is CC(C)(C)c1cc2ccc3c(-c4ccccc4)cc(-c4ccc5c(c4)C(C)(C)c4cc(-c6cccc7c6OC6C=CCCC76)ccc4-5)c4ccc(c1)c2c34.